The van der Waals surface area contributed by atoms with E-state index in [4.69, 9.17) is 9.47 Å². The third-order valence-electron chi connectivity index (χ3n) is 14.3. The Hall–Kier alpha value is -9.79. The van der Waals surface area contributed by atoms with E-state index < -0.39 is 0 Å². The van der Waals surface area contributed by atoms with E-state index in [0.717, 1.165) is 103 Å². The molecule has 1 aliphatic heterocycles. The molecule has 14 heteroatoms. The van der Waals surface area contributed by atoms with E-state index >= 15 is 0 Å². The molecule has 13 nitrogen and oxygen atoms in total. The number of anilines is 4. The van der Waals surface area contributed by atoms with Crippen molar-refractivity contribution in [3.8, 4) is 28.6 Å². The van der Waals surface area contributed by atoms with Gasteiger partial charge in [-0.15, -0.1) is 0 Å². The van der Waals surface area contributed by atoms with Crippen molar-refractivity contribution in [3.05, 3.63) is 249 Å². The number of para-hydroxylation sites is 1. The number of aromatic nitrogens is 7. The third kappa shape index (κ3) is 13.0. The molecule has 13 rings (SSSR count). The molecule has 1 aliphatic rings. The van der Waals surface area contributed by atoms with Crippen LogP contribution in [-0.2, 0) is 13.1 Å². The quantitative estimate of drug-likeness (QED) is 0.0914. The molecule has 0 spiro atoms. The smallest absolute Gasteiger partial charge is 0.123 e. The van der Waals surface area contributed by atoms with Crippen molar-refractivity contribution in [2.45, 2.75) is 25.9 Å². The molecule has 4 aromatic heterocycles. The molecule has 0 saturated carbocycles. The maximum absolute atomic E-state index is 13.0. The zero-order valence-electron chi connectivity index (χ0n) is 44.7. The van der Waals surface area contributed by atoms with Gasteiger partial charge in [-0.3, -0.25) is 23.6 Å². The minimum absolute atomic E-state index is 0.224. The van der Waals surface area contributed by atoms with E-state index in [1.54, 1.807) is 38.7 Å². The highest BCUT2D eigenvalue weighted by molar-refractivity contribution is 5.84. The number of nitrogens with zero attached hydrogens (tertiary/aromatic N) is 8. The van der Waals surface area contributed by atoms with Crippen molar-refractivity contribution in [2.24, 2.45) is 5.92 Å². The monoisotopic (exact) mass is 1060 g/mol. The number of imidazole rings is 3. The van der Waals surface area contributed by atoms with Gasteiger partial charge in [0.05, 0.1) is 70.6 Å². The number of halogens is 1. The molecule has 0 radical (unpaired) electrons. The fraction of sp³-hybridized carbons (Fsp3) is 0.152. The first-order valence-corrected chi connectivity index (χ1v) is 26.8. The third-order valence-corrected chi connectivity index (χ3v) is 14.3. The van der Waals surface area contributed by atoms with Crippen molar-refractivity contribution in [3.63, 3.8) is 0 Å². The van der Waals surface area contributed by atoms with Crippen LogP contribution < -0.4 is 25.4 Å². The molecule has 0 aliphatic carbocycles. The van der Waals surface area contributed by atoms with Crippen LogP contribution in [0.5, 0.6) is 11.5 Å². The number of hydrogen-bond acceptors (Lipinski definition) is 10. The Morgan fingerprint density at radius 2 is 1.01 bits per heavy atom. The van der Waals surface area contributed by atoms with Crippen LogP contribution in [0.15, 0.2) is 232 Å². The topological polar surface area (TPSA) is 124 Å². The van der Waals surface area contributed by atoms with Crippen LogP contribution in [-0.4, -0.2) is 72.4 Å². The number of ether oxygens (including phenoxy) is 2. The second-order valence-electron chi connectivity index (χ2n) is 19.6. The largest absolute Gasteiger partial charge is 0.497 e. The molecule has 8 aromatic carbocycles. The first-order valence-electron chi connectivity index (χ1n) is 26.8. The Morgan fingerprint density at radius 1 is 0.487 bits per heavy atom. The van der Waals surface area contributed by atoms with Crippen LogP contribution in [0.2, 0.25) is 0 Å². The van der Waals surface area contributed by atoms with E-state index in [0.29, 0.717) is 12.5 Å². The molecule has 80 heavy (non-hydrogen) atoms. The molecule has 1 saturated heterocycles. The number of pyridine rings is 1. The first kappa shape index (κ1) is 52.3. The second-order valence-corrected chi connectivity index (χ2v) is 19.6. The number of likely N-dealkylation sites (tertiary alicyclic amines) is 1. The van der Waals surface area contributed by atoms with Gasteiger partial charge in [0, 0.05) is 60.7 Å². The number of benzene rings is 8. The lowest BCUT2D eigenvalue weighted by atomic mass is 9.96. The maximum atomic E-state index is 13.0. The van der Waals surface area contributed by atoms with E-state index in [1.165, 1.54) is 43.6 Å². The predicted octanol–water partition coefficient (Wildman–Crippen LogP) is 14.3. The van der Waals surface area contributed by atoms with Gasteiger partial charge in [0.2, 0.25) is 0 Å². The molecule has 1 fully saturated rings. The van der Waals surface area contributed by atoms with Crippen LogP contribution in [0.25, 0.3) is 50.2 Å². The van der Waals surface area contributed by atoms with Crippen molar-refractivity contribution < 1.29 is 13.9 Å². The lowest BCUT2D eigenvalue weighted by molar-refractivity contribution is 0.182. The summed E-state index contributed by atoms with van der Waals surface area (Å²) in [6.07, 6.45) is 11.6. The van der Waals surface area contributed by atoms with Gasteiger partial charge in [-0.05, 0) is 158 Å². The Labute approximate surface area is 465 Å². The van der Waals surface area contributed by atoms with E-state index in [9.17, 15) is 4.39 Å². The standard InChI is InChI=1S/C27H30N4O.C21H18FN3O.C18H14N4/c1-32-25-9-5-8-24(17-25)31-20-29-26-16-23(10-11-27(26)31)28-18-21-12-14-30(15-13-21)19-22-6-3-2-4-7-22;1-26-19-4-2-3-18(12-19)25-14-24-20-11-17(9-10-21(20)25)23-13-15-5-7-16(22)8-6-15;1-2-6-16(7-3-1)22-13-20-17-11-14(8-9-18(17)22)21-15-5-4-10-19-12-15/h2-11,16-17,20-21,28H,12-15,18-19H2,1H3;2-12,14,23H,13H2,1H3;1-13,21H. The molecule has 0 amide bonds. The van der Waals surface area contributed by atoms with Crippen LogP contribution in [0, 0.1) is 11.7 Å². The normalized spacial score (nSPS) is 12.5. The summed E-state index contributed by atoms with van der Waals surface area (Å²) in [7, 11) is 3.35. The van der Waals surface area contributed by atoms with Crippen LogP contribution in [0.1, 0.15) is 24.0 Å². The minimum atomic E-state index is -0.224. The van der Waals surface area contributed by atoms with Gasteiger partial charge in [0.15, 0.2) is 0 Å². The van der Waals surface area contributed by atoms with Gasteiger partial charge < -0.3 is 25.4 Å². The Bertz CT molecular complexity index is 3920. The van der Waals surface area contributed by atoms with Gasteiger partial charge in [-0.1, -0.05) is 72.8 Å². The number of fused-ring (bicyclic) bond motifs is 3. The average Bonchev–Trinajstić information content (AvgIpc) is 4.31. The zero-order valence-corrected chi connectivity index (χ0v) is 44.7. The molecule has 0 atom stereocenters. The highest BCUT2D eigenvalue weighted by Crippen LogP contribution is 2.28. The number of hydrogen-bond donors (Lipinski definition) is 3. The Balaban J connectivity index is 0.000000129. The van der Waals surface area contributed by atoms with Crippen molar-refractivity contribution in [1.82, 2.24) is 38.5 Å². The maximum Gasteiger partial charge on any atom is 0.123 e. The summed E-state index contributed by atoms with van der Waals surface area (Å²) in [5.74, 6) is 2.14. The summed E-state index contributed by atoms with van der Waals surface area (Å²) in [6, 6.07) is 66.0. The highest BCUT2D eigenvalue weighted by atomic mass is 19.1. The van der Waals surface area contributed by atoms with Crippen molar-refractivity contribution in [2.75, 3.05) is 49.8 Å². The minimum Gasteiger partial charge on any atom is -0.497 e. The van der Waals surface area contributed by atoms with Crippen molar-refractivity contribution in [1.29, 1.82) is 0 Å². The molecule has 0 unspecified atom stereocenters. The van der Waals surface area contributed by atoms with Crippen LogP contribution >= 0.6 is 0 Å². The summed E-state index contributed by atoms with van der Waals surface area (Å²) in [5, 5.41) is 10.3. The van der Waals surface area contributed by atoms with E-state index in [-0.39, 0.29) is 5.82 Å². The van der Waals surface area contributed by atoms with E-state index in [2.05, 4.69) is 129 Å². The van der Waals surface area contributed by atoms with Crippen LogP contribution in [0.4, 0.5) is 27.1 Å². The zero-order chi connectivity index (χ0) is 54.5. The summed E-state index contributed by atoms with van der Waals surface area (Å²) >= 11 is 0. The van der Waals surface area contributed by atoms with Gasteiger partial charge in [-0.2, -0.15) is 0 Å². The number of rotatable bonds is 15. The lowest BCUT2D eigenvalue weighted by Crippen LogP contribution is -2.35. The molecule has 0 bridgehead atoms. The van der Waals surface area contributed by atoms with Gasteiger partial charge in [-0.25, -0.2) is 19.3 Å². The molecule has 12 aromatic rings. The van der Waals surface area contributed by atoms with Gasteiger partial charge in [0.1, 0.15) is 36.3 Å². The highest BCUT2D eigenvalue weighted by Gasteiger charge is 2.19. The fourth-order valence-electron chi connectivity index (χ4n) is 9.92. The van der Waals surface area contributed by atoms with E-state index in [1.807, 2.05) is 121 Å². The summed E-state index contributed by atoms with van der Waals surface area (Å²) in [6.45, 7) is 5.05. The van der Waals surface area contributed by atoms with Crippen LogP contribution in [0.3, 0.4) is 0 Å². The molecular weight excluding hydrogens is 998 g/mol. The lowest BCUT2D eigenvalue weighted by Gasteiger charge is -2.32. The fourth-order valence-corrected chi connectivity index (χ4v) is 9.92. The SMILES string of the molecule is COc1cccc(-n2cnc3cc(NCC4CCN(Cc5ccccc5)CC4)ccc32)c1.COc1cccc(-n2cnc3cc(NCc4ccc(F)cc4)ccc32)c1.c1ccc(-n2cnc3cc(Nc4cccnc4)ccc32)cc1. The number of nitrogens with one attached hydrogen (secondary N) is 3. The first-order chi connectivity index (χ1) is 39.4. The number of methoxy groups -OCH3 is 2. The summed E-state index contributed by atoms with van der Waals surface area (Å²) in [4.78, 5) is 20.3. The second kappa shape index (κ2) is 25.1. The average molecular weight is 1060 g/mol. The molecule has 5 heterocycles. The molecule has 400 valence electrons. The Morgan fingerprint density at radius 3 is 1.57 bits per heavy atom. The van der Waals surface area contributed by atoms with Crippen molar-refractivity contribution >= 4 is 55.8 Å². The number of piperidine rings is 1. The summed E-state index contributed by atoms with van der Waals surface area (Å²) < 4.78 is 29.9. The molecular formula is C66H62FN11O2. The summed E-state index contributed by atoms with van der Waals surface area (Å²) in [5.41, 5.74) is 15.7. The Kier molecular flexibility index (Phi) is 16.4. The van der Waals surface area contributed by atoms with Gasteiger partial charge >= 0.3 is 0 Å². The molecule has 3 N–H and O–H groups in total. The van der Waals surface area contributed by atoms with Gasteiger partial charge in [0.25, 0.3) is 0 Å². The predicted molar refractivity (Wildman–Crippen MR) is 320 cm³/mol.